The molecule has 8 heterocycles. The molecule has 21 rings (SSSR count). The minimum atomic E-state index is -0.327. The van der Waals surface area contributed by atoms with Gasteiger partial charge >= 0.3 is 0 Å². The highest BCUT2D eigenvalue weighted by molar-refractivity contribution is 8.00. The van der Waals surface area contributed by atoms with Gasteiger partial charge in [0.2, 0.25) is 0 Å². The second-order valence-corrected chi connectivity index (χ2v) is 28.4. The molecule has 9 nitrogen and oxygen atoms in total. The van der Waals surface area contributed by atoms with E-state index in [0.717, 1.165) is 163 Å². The van der Waals surface area contributed by atoms with Gasteiger partial charge in [0.1, 0.15) is 46.0 Å². The molecule has 15 aromatic rings. The summed E-state index contributed by atoms with van der Waals surface area (Å²) in [6, 6.07) is 104. The van der Waals surface area contributed by atoms with Gasteiger partial charge in [-0.2, -0.15) is 0 Å². The summed E-state index contributed by atoms with van der Waals surface area (Å²) in [4.78, 5) is 6.94. The monoisotopic (exact) mass is 1310 g/mol. The second-order valence-electron chi connectivity index (χ2n) is 25.5. The quantitative estimate of drug-likeness (QED) is 0.106. The lowest BCUT2D eigenvalue weighted by Gasteiger charge is -2.41. The van der Waals surface area contributed by atoms with E-state index in [9.17, 15) is 0 Å². The van der Waals surface area contributed by atoms with E-state index in [1.54, 1.807) is 11.9 Å². The normalized spacial score (nSPS) is 13.3. The largest absolute Gasteiger partial charge is 0.458 e. The van der Waals surface area contributed by atoms with Crippen molar-refractivity contribution < 1.29 is 18.9 Å². The minimum absolute atomic E-state index is 0.182. The molecule has 6 aliphatic rings. The summed E-state index contributed by atoms with van der Waals surface area (Å²) in [5, 5.41) is 6.28. The average molecular weight is 1310 g/mol. The number of thiophene rings is 2. The van der Waals surface area contributed by atoms with E-state index in [2.05, 4.69) is 322 Å². The van der Waals surface area contributed by atoms with Crippen LogP contribution in [0, 0.1) is 0 Å². The fourth-order valence-corrected chi connectivity index (χ4v) is 19.2. The van der Waals surface area contributed by atoms with Gasteiger partial charge in [0.05, 0.1) is 28.4 Å². The number of para-hydroxylation sites is 6. The van der Waals surface area contributed by atoms with E-state index >= 15 is 0 Å². The van der Waals surface area contributed by atoms with Crippen LogP contribution in [0.5, 0.6) is 46.0 Å². The molecule has 6 aliphatic heterocycles. The number of anilines is 13. The van der Waals surface area contributed by atoms with E-state index in [0.29, 0.717) is 0 Å². The van der Waals surface area contributed by atoms with Crippen molar-refractivity contribution in [2.75, 3.05) is 30.6 Å². The first kappa shape index (κ1) is 55.8. The van der Waals surface area contributed by atoms with Gasteiger partial charge in [-0.3, -0.25) is 4.31 Å². The summed E-state index contributed by atoms with van der Waals surface area (Å²) in [6.45, 7) is -0.694. The van der Waals surface area contributed by atoms with Crippen LogP contribution in [0.4, 0.5) is 73.9 Å². The topological polar surface area (TPSA) is 61.9 Å². The summed E-state index contributed by atoms with van der Waals surface area (Å²) < 4.78 is 37.1. The third-order valence-electron chi connectivity index (χ3n) is 20.1. The van der Waals surface area contributed by atoms with Crippen LogP contribution in [-0.2, 0) is 0 Å². The van der Waals surface area contributed by atoms with Gasteiger partial charge in [0, 0.05) is 123 Å². The fraction of sp³-hybridized carbons (Fsp3) is 0.0120. The van der Waals surface area contributed by atoms with Crippen LogP contribution in [0.25, 0.3) is 20.2 Å². The zero-order valence-corrected chi connectivity index (χ0v) is 55.0. The van der Waals surface area contributed by atoms with E-state index in [1.807, 2.05) is 22.7 Å². The van der Waals surface area contributed by atoms with Crippen LogP contribution >= 0.6 is 34.6 Å². The molecule has 0 spiro atoms. The molecular weight excluding hydrogens is 1260 g/mol. The number of fused-ring (bicyclic) bond motifs is 16. The Morgan fingerprint density at radius 3 is 1.17 bits per heavy atom. The molecule has 460 valence electrons. The molecule has 98 heavy (non-hydrogen) atoms. The van der Waals surface area contributed by atoms with Crippen molar-refractivity contribution in [1.29, 1.82) is 0 Å². The summed E-state index contributed by atoms with van der Waals surface area (Å²) in [5.74, 6) is 6.50. The van der Waals surface area contributed by atoms with Gasteiger partial charge in [0.15, 0.2) is 0 Å². The Hall–Kier alpha value is -11.5. The molecule has 0 atom stereocenters. The summed E-state index contributed by atoms with van der Waals surface area (Å²) in [5.41, 5.74) is 20.9. The molecule has 0 bridgehead atoms. The van der Waals surface area contributed by atoms with Gasteiger partial charge in [-0.05, 0) is 154 Å². The zero-order valence-electron chi connectivity index (χ0n) is 52.6. The Bertz CT molecular complexity index is 5680. The Morgan fingerprint density at radius 2 is 0.704 bits per heavy atom. The number of benzene rings is 13. The third-order valence-corrected chi connectivity index (χ3v) is 23.3. The molecule has 0 saturated carbocycles. The number of rotatable bonds is 10. The predicted molar refractivity (Wildman–Crippen MR) is 413 cm³/mol. The predicted octanol–water partition coefficient (Wildman–Crippen LogP) is 17.3. The van der Waals surface area contributed by atoms with E-state index in [1.165, 1.54) is 24.4 Å². The lowest BCUT2D eigenvalue weighted by molar-refractivity contribution is 0.465. The average Bonchev–Trinajstić information content (AvgIpc) is 0.987. The molecule has 1 N–H and O–H groups in total. The van der Waals surface area contributed by atoms with Crippen molar-refractivity contribution in [3.05, 3.63) is 291 Å². The van der Waals surface area contributed by atoms with Crippen molar-refractivity contribution in [3.8, 4) is 46.0 Å². The molecule has 0 aliphatic carbocycles. The molecule has 0 amide bonds. The number of hydrogen-bond acceptors (Lipinski definition) is 12. The molecule has 0 fully saturated rings. The second kappa shape index (κ2) is 21.8. The maximum Gasteiger partial charge on any atom is 0.268 e. The Morgan fingerprint density at radius 1 is 0.316 bits per heavy atom. The van der Waals surface area contributed by atoms with Gasteiger partial charge in [0.25, 0.3) is 20.1 Å². The standard InChI is InChI=1S/C83H52B3N5O4S3/c1-96-91-67-49-70-64(47-62(67)86-78-68(91)41-57(89(52-28-12-4-13-29-52)53-30-14-5-15-31-53)43-72(78)95-81-60-37-21-23-39-76(60)98-83(81)86)84-63-46-61-65(48-69(63)92-73-44-58(45-74(93-70)79(73)84)90(54-32-16-6-17-33-54)55-34-18-7-19-35-55)87-66-40-56(88(50-24-8-2-9-25-50)51-26-10-3-11-27-51)42-71-77(66)85(61)82-80(94-71)59-36-20-22-38-75(59)97-82/h2-49,87H,1H3. The summed E-state index contributed by atoms with van der Waals surface area (Å²) in [7, 11) is 0. The van der Waals surface area contributed by atoms with Crippen LogP contribution in [0.15, 0.2) is 291 Å². The van der Waals surface area contributed by atoms with Gasteiger partial charge < -0.3 is 39.0 Å². The zero-order chi connectivity index (χ0) is 64.3. The number of hydrogen-bond donors (Lipinski definition) is 1. The molecule has 0 radical (unpaired) electrons. The van der Waals surface area contributed by atoms with Crippen LogP contribution in [0.3, 0.4) is 0 Å². The maximum atomic E-state index is 7.65. The van der Waals surface area contributed by atoms with Crippen LogP contribution in [0.1, 0.15) is 0 Å². The highest BCUT2D eigenvalue weighted by Gasteiger charge is 2.50. The first-order valence-corrected chi connectivity index (χ1v) is 35.8. The van der Waals surface area contributed by atoms with E-state index in [4.69, 9.17) is 18.9 Å². The Kier molecular flexibility index (Phi) is 12.4. The van der Waals surface area contributed by atoms with Gasteiger partial charge in [-0.25, -0.2) is 0 Å². The highest BCUT2D eigenvalue weighted by atomic mass is 32.2. The van der Waals surface area contributed by atoms with Crippen molar-refractivity contribution >= 4 is 197 Å². The number of nitrogens with zero attached hydrogens (tertiary/aromatic N) is 4. The first-order valence-electron chi connectivity index (χ1n) is 33.0. The van der Waals surface area contributed by atoms with Crippen LogP contribution in [-0.4, -0.2) is 26.4 Å². The molecule has 15 heteroatoms. The first-order chi connectivity index (χ1) is 48.5. The molecular formula is C83H52B3N5O4S3. The molecule has 0 saturated heterocycles. The highest BCUT2D eigenvalue weighted by Crippen LogP contribution is 2.51. The van der Waals surface area contributed by atoms with Crippen molar-refractivity contribution in [3.63, 3.8) is 0 Å². The summed E-state index contributed by atoms with van der Waals surface area (Å²) >= 11 is 5.35. The summed E-state index contributed by atoms with van der Waals surface area (Å²) in [6.07, 6.45) is 2.18. The van der Waals surface area contributed by atoms with E-state index in [-0.39, 0.29) is 20.1 Å². The Labute approximate surface area is 579 Å². The molecule has 2 aromatic heterocycles. The molecule has 0 unspecified atom stereocenters. The van der Waals surface area contributed by atoms with Gasteiger partial charge in [-0.15, -0.1) is 22.7 Å². The lowest BCUT2D eigenvalue weighted by Crippen LogP contribution is -2.63. The van der Waals surface area contributed by atoms with E-state index < -0.39 is 0 Å². The minimum Gasteiger partial charge on any atom is -0.458 e. The van der Waals surface area contributed by atoms with Gasteiger partial charge in [-0.1, -0.05) is 146 Å². The van der Waals surface area contributed by atoms with Crippen molar-refractivity contribution in [2.24, 2.45) is 0 Å². The van der Waals surface area contributed by atoms with Crippen LogP contribution in [0.2, 0.25) is 0 Å². The fourth-order valence-electron chi connectivity index (χ4n) is 16.0. The van der Waals surface area contributed by atoms with Crippen molar-refractivity contribution in [1.82, 2.24) is 0 Å². The maximum absolute atomic E-state index is 7.65. The smallest absolute Gasteiger partial charge is 0.268 e. The molecule has 13 aromatic carbocycles. The SMILES string of the molecule is CSN1c2cc3c(cc2B2c4sc5ccccc5c4Oc4cc(N(c5ccccc5)c5ccccc5)cc1c42)B1c2cc4c(cc2Oc2cc(N(c5ccccc5)c5ccccc5)cc(c21)O3)Nc1cc(N(c2ccccc2)c2ccccc2)cc2c1B4c1sc3ccccc3c1O2. The van der Waals surface area contributed by atoms with Crippen LogP contribution < -0.4 is 91.1 Å². The number of ether oxygens (including phenoxy) is 4. The third kappa shape index (κ3) is 8.43. The number of nitrogens with one attached hydrogen (secondary N) is 1. The Balaban J connectivity index is 0.797. The van der Waals surface area contributed by atoms with Crippen molar-refractivity contribution in [2.45, 2.75) is 0 Å². The lowest BCUT2D eigenvalue weighted by atomic mass is 9.31.